The summed E-state index contributed by atoms with van der Waals surface area (Å²) in [5.41, 5.74) is 4.12. The van der Waals surface area contributed by atoms with Crippen LogP contribution in [0.1, 0.15) is 34.8 Å². The van der Waals surface area contributed by atoms with Crippen molar-refractivity contribution in [1.82, 2.24) is 5.32 Å². The van der Waals surface area contributed by atoms with Gasteiger partial charge in [0.1, 0.15) is 5.82 Å². The van der Waals surface area contributed by atoms with Crippen LogP contribution in [0.3, 0.4) is 0 Å². The predicted octanol–water partition coefficient (Wildman–Crippen LogP) is 4.24. The molecule has 0 bridgehead atoms. The van der Waals surface area contributed by atoms with Crippen LogP contribution in [0.15, 0.2) is 48.5 Å². The summed E-state index contributed by atoms with van der Waals surface area (Å²) in [5, 5.41) is 3.80. The predicted molar refractivity (Wildman–Crippen MR) is 86.1 cm³/mol. The number of halogens is 1. The van der Waals surface area contributed by atoms with Gasteiger partial charge in [0, 0.05) is 4.75 Å². The molecule has 1 saturated heterocycles. The van der Waals surface area contributed by atoms with Gasteiger partial charge in [-0.1, -0.05) is 36.4 Å². The quantitative estimate of drug-likeness (QED) is 0.845. The Hall–Kier alpha value is -1.32. The molecule has 3 heteroatoms. The topological polar surface area (TPSA) is 12.0 Å². The molecular weight excluding hydrogens is 281 g/mol. The lowest BCUT2D eigenvalue weighted by molar-refractivity contribution is 0.427. The first-order chi connectivity index (χ1) is 10.3. The zero-order valence-corrected chi connectivity index (χ0v) is 12.6. The standard InChI is InChI=1S/C18H18FNS/c19-14-7-5-13(6-8-14)17-15-3-1-2-4-16(15)18(21-17)9-11-20-12-10-18/h1-8,17,20H,9-12H2. The van der Waals surface area contributed by atoms with Crippen LogP contribution in [0.5, 0.6) is 0 Å². The highest BCUT2D eigenvalue weighted by molar-refractivity contribution is 8.01. The average Bonchev–Trinajstić information content (AvgIpc) is 2.84. The first kappa shape index (κ1) is 13.4. The Kier molecular flexibility index (Phi) is 3.27. The maximum atomic E-state index is 13.2. The first-order valence-electron chi connectivity index (χ1n) is 7.52. The second-order valence-corrected chi connectivity index (χ2v) is 7.37. The third-order valence-corrected chi connectivity index (χ3v) is 6.50. The molecule has 1 fully saturated rings. The molecule has 4 rings (SSSR count). The van der Waals surface area contributed by atoms with Crippen LogP contribution >= 0.6 is 11.8 Å². The van der Waals surface area contributed by atoms with E-state index in [0.717, 1.165) is 13.1 Å². The highest BCUT2D eigenvalue weighted by Gasteiger charge is 2.45. The summed E-state index contributed by atoms with van der Waals surface area (Å²) in [6.45, 7) is 2.16. The van der Waals surface area contributed by atoms with Gasteiger partial charge in [0.25, 0.3) is 0 Å². The Balaban J connectivity index is 1.79. The number of thioether (sulfide) groups is 1. The second-order valence-electron chi connectivity index (χ2n) is 5.88. The maximum Gasteiger partial charge on any atom is 0.123 e. The van der Waals surface area contributed by atoms with Crippen molar-refractivity contribution in [2.24, 2.45) is 0 Å². The third-order valence-electron chi connectivity index (χ3n) is 4.66. The minimum absolute atomic E-state index is 0.161. The lowest BCUT2D eigenvalue weighted by Gasteiger charge is -2.34. The smallest absolute Gasteiger partial charge is 0.123 e. The number of nitrogens with one attached hydrogen (secondary N) is 1. The van der Waals surface area contributed by atoms with E-state index in [2.05, 4.69) is 41.3 Å². The lowest BCUT2D eigenvalue weighted by atomic mass is 9.85. The van der Waals surface area contributed by atoms with Gasteiger partial charge in [-0.15, -0.1) is 11.8 Å². The summed E-state index contributed by atoms with van der Waals surface area (Å²) >= 11 is 2.06. The molecule has 2 aliphatic rings. The van der Waals surface area contributed by atoms with Gasteiger partial charge >= 0.3 is 0 Å². The number of fused-ring (bicyclic) bond motifs is 2. The van der Waals surface area contributed by atoms with Crippen LogP contribution in [-0.4, -0.2) is 13.1 Å². The summed E-state index contributed by atoms with van der Waals surface area (Å²) in [6.07, 6.45) is 2.35. The van der Waals surface area contributed by atoms with E-state index in [1.54, 1.807) is 12.1 Å². The maximum absolute atomic E-state index is 13.2. The summed E-state index contributed by atoms with van der Waals surface area (Å²) in [6, 6.07) is 15.8. The number of rotatable bonds is 1. The van der Waals surface area contributed by atoms with Gasteiger partial charge in [0.2, 0.25) is 0 Å². The molecular formula is C18H18FNS. The molecule has 1 N–H and O–H groups in total. The number of benzene rings is 2. The zero-order chi connectivity index (χ0) is 14.3. The molecule has 1 unspecified atom stereocenters. The van der Waals surface area contributed by atoms with Gasteiger partial charge in [-0.05, 0) is 54.8 Å². The fourth-order valence-electron chi connectivity index (χ4n) is 3.60. The van der Waals surface area contributed by atoms with Gasteiger partial charge in [-0.3, -0.25) is 0 Å². The van der Waals surface area contributed by atoms with Crippen molar-refractivity contribution in [3.05, 3.63) is 71.0 Å². The van der Waals surface area contributed by atoms with Crippen molar-refractivity contribution in [3.8, 4) is 0 Å². The van der Waals surface area contributed by atoms with Gasteiger partial charge in [-0.25, -0.2) is 4.39 Å². The molecule has 0 radical (unpaired) electrons. The van der Waals surface area contributed by atoms with Crippen LogP contribution < -0.4 is 5.32 Å². The SMILES string of the molecule is Fc1ccc(C2SC3(CCNCC3)c3ccccc32)cc1. The summed E-state index contributed by atoms with van der Waals surface area (Å²) in [5.74, 6) is -0.161. The highest BCUT2D eigenvalue weighted by Crippen LogP contribution is 2.60. The lowest BCUT2D eigenvalue weighted by Crippen LogP contribution is -2.36. The zero-order valence-electron chi connectivity index (χ0n) is 11.8. The van der Waals surface area contributed by atoms with E-state index < -0.39 is 0 Å². The van der Waals surface area contributed by atoms with Crippen LogP contribution in [0.2, 0.25) is 0 Å². The Morgan fingerprint density at radius 1 is 1.00 bits per heavy atom. The highest BCUT2D eigenvalue weighted by atomic mass is 32.2. The van der Waals surface area contributed by atoms with Gasteiger partial charge in [-0.2, -0.15) is 0 Å². The Labute approximate surface area is 129 Å². The van der Waals surface area contributed by atoms with Crippen molar-refractivity contribution >= 4 is 11.8 Å². The molecule has 1 spiro atoms. The van der Waals surface area contributed by atoms with E-state index in [0.29, 0.717) is 5.25 Å². The molecule has 2 aliphatic heterocycles. The van der Waals surface area contributed by atoms with Crippen LogP contribution in [0.4, 0.5) is 4.39 Å². The largest absolute Gasteiger partial charge is 0.317 e. The van der Waals surface area contributed by atoms with Crippen molar-refractivity contribution < 1.29 is 4.39 Å². The molecule has 21 heavy (non-hydrogen) atoms. The van der Waals surface area contributed by atoms with E-state index in [1.807, 2.05) is 12.1 Å². The number of hydrogen-bond acceptors (Lipinski definition) is 2. The van der Waals surface area contributed by atoms with E-state index >= 15 is 0 Å². The summed E-state index contributed by atoms with van der Waals surface area (Å²) in [7, 11) is 0. The number of piperidine rings is 1. The van der Waals surface area contributed by atoms with Crippen molar-refractivity contribution in [1.29, 1.82) is 0 Å². The average molecular weight is 299 g/mol. The van der Waals surface area contributed by atoms with Crippen molar-refractivity contribution in [3.63, 3.8) is 0 Å². The van der Waals surface area contributed by atoms with Crippen LogP contribution in [0, 0.1) is 5.82 Å². The first-order valence-corrected chi connectivity index (χ1v) is 8.40. The fourth-order valence-corrected chi connectivity index (χ4v) is 5.43. The minimum atomic E-state index is -0.161. The minimum Gasteiger partial charge on any atom is -0.317 e. The normalized spacial score (nSPS) is 23.2. The van der Waals surface area contributed by atoms with Crippen LogP contribution in [-0.2, 0) is 4.75 Å². The molecule has 2 aromatic rings. The molecule has 0 amide bonds. The van der Waals surface area contributed by atoms with E-state index in [9.17, 15) is 4.39 Å². The summed E-state index contributed by atoms with van der Waals surface area (Å²) in [4.78, 5) is 0. The Bertz CT molecular complexity index is 647. The van der Waals surface area contributed by atoms with Crippen molar-refractivity contribution in [2.75, 3.05) is 13.1 Å². The molecule has 0 aliphatic carbocycles. The van der Waals surface area contributed by atoms with E-state index in [1.165, 1.54) is 29.5 Å². The third kappa shape index (κ3) is 2.19. The van der Waals surface area contributed by atoms with Gasteiger partial charge in [0.15, 0.2) is 0 Å². The molecule has 2 heterocycles. The fraction of sp³-hybridized carbons (Fsp3) is 0.333. The Morgan fingerprint density at radius 2 is 1.71 bits per heavy atom. The van der Waals surface area contributed by atoms with Crippen molar-refractivity contribution in [2.45, 2.75) is 22.8 Å². The monoisotopic (exact) mass is 299 g/mol. The van der Waals surface area contributed by atoms with Gasteiger partial charge < -0.3 is 5.32 Å². The molecule has 0 aromatic heterocycles. The van der Waals surface area contributed by atoms with Crippen LogP contribution in [0.25, 0.3) is 0 Å². The van der Waals surface area contributed by atoms with E-state index in [-0.39, 0.29) is 10.6 Å². The second kappa shape index (κ2) is 5.15. The Morgan fingerprint density at radius 3 is 2.48 bits per heavy atom. The van der Waals surface area contributed by atoms with E-state index in [4.69, 9.17) is 0 Å². The molecule has 0 saturated carbocycles. The number of hydrogen-bond donors (Lipinski definition) is 1. The molecule has 2 aromatic carbocycles. The van der Waals surface area contributed by atoms with Gasteiger partial charge in [0.05, 0.1) is 5.25 Å². The molecule has 1 nitrogen and oxygen atoms in total. The summed E-state index contributed by atoms with van der Waals surface area (Å²) < 4.78 is 13.4. The molecule has 1 atom stereocenters. The molecule has 108 valence electrons.